The smallest absolute Gasteiger partial charge is 0.422 e. The van der Waals surface area contributed by atoms with Crippen molar-refractivity contribution in [3.8, 4) is 11.3 Å². The molecular formula is C22H24N4O5S. The highest BCUT2D eigenvalue weighted by atomic mass is 32.2. The standard InChI is InChI=1S/C22H24N4O5S/c1-22(2,3)31-21(28)25-32(29,30)26-11-10-14-12-15(8-9-16(14)13-26)19-17-6-4-5-7-18(17)20(27)24-23-19/h4-9,12H,10-11,13H2,1-3H3,(H,24,27)(H,25,28). The van der Waals surface area contributed by atoms with Crippen molar-refractivity contribution in [2.75, 3.05) is 6.54 Å². The Hall–Kier alpha value is -3.24. The van der Waals surface area contributed by atoms with Gasteiger partial charge in [0.25, 0.3) is 5.56 Å². The number of fused-ring (bicyclic) bond motifs is 2. The molecule has 0 saturated carbocycles. The van der Waals surface area contributed by atoms with Crippen LogP contribution in [0.15, 0.2) is 47.3 Å². The van der Waals surface area contributed by atoms with E-state index in [9.17, 15) is 18.0 Å². The fourth-order valence-electron chi connectivity index (χ4n) is 3.68. The maximum absolute atomic E-state index is 12.6. The fraction of sp³-hybridized carbons (Fsp3) is 0.318. The molecule has 0 atom stereocenters. The van der Waals surface area contributed by atoms with Gasteiger partial charge in [-0.15, -0.1) is 0 Å². The summed E-state index contributed by atoms with van der Waals surface area (Å²) in [6.07, 6.45) is -0.533. The van der Waals surface area contributed by atoms with Gasteiger partial charge in [-0.3, -0.25) is 4.79 Å². The maximum Gasteiger partial charge on any atom is 0.422 e. The highest BCUT2D eigenvalue weighted by Gasteiger charge is 2.30. The summed E-state index contributed by atoms with van der Waals surface area (Å²) in [5.41, 5.74) is 2.26. The van der Waals surface area contributed by atoms with E-state index in [1.165, 1.54) is 4.31 Å². The number of aromatic amines is 1. The van der Waals surface area contributed by atoms with E-state index in [-0.39, 0.29) is 18.6 Å². The maximum atomic E-state index is 12.6. The Morgan fingerprint density at radius 1 is 1.12 bits per heavy atom. The lowest BCUT2D eigenvalue weighted by molar-refractivity contribution is 0.0566. The topological polar surface area (TPSA) is 121 Å². The van der Waals surface area contributed by atoms with Crippen molar-refractivity contribution in [1.29, 1.82) is 0 Å². The van der Waals surface area contributed by atoms with Crippen molar-refractivity contribution in [2.45, 2.75) is 39.3 Å². The van der Waals surface area contributed by atoms with E-state index in [0.717, 1.165) is 22.1 Å². The molecule has 1 aliphatic heterocycles. The van der Waals surface area contributed by atoms with Gasteiger partial charge in [-0.1, -0.05) is 30.3 Å². The second-order valence-corrected chi connectivity index (χ2v) is 10.3. The molecule has 2 heterocycles. The molecule has 3 aromatic rings. The van der Waals surface area contributed by atoms with E-state index < -0.39 is 21.9 Å². The average molecular weight is 457 g/mol. The molecule has 0 unspecified atom stereocenters. The van der Waals surface area contributed by atoms with Gasteiger partial charge in [-0.25, -0.2) is 14.6 Å². The minimum atomic E-state index is -4.04. The van der Waals surface area contributed by atoms with Gasteiger partial charge in [0, 0.05) is 24.0 Å². The quantitative estimate of drug-likeness (QED) is 0.625. The molecule has 0 spiro atoms. The number of hydrogen-bond donors (Lipinski definition) is 2. The van der Waals surface area contributed by atoms with Crippen molar-refractivity contribution in [1.82, 2.24) is 19.2 Å². The minimum Gasteiger partial charge on any atom is -0.443 e. The predicted molar refractivity (Wildman–Crippen MR) is 120 cm³/mol. The number of carbonyl (C=O) groups is 1. The van der Waals surface area contributed by atoms with Gasteiger partial charge in [-0.05, 0) is 50.5 Å². The Balaban J connectivity index is 1.58. The molecule has 10 heteroatoms. The lowest BCUT2D eigenvalue weighted by Gasteiger charge is -2.29. The molecule has 1 aromatic heterocycles. The third-order valence-electron chi connectivity index (χ3n) is 5.10. The van der Waals surface area contributed by atoms with Gasteiger partial charge in [0.2, 0.25) is 0 Å². The van der Waals surface area contributed by atoms with Crippen LogP contribution in [0.25, 0.3) is 22.0 Å². The Labute approximate surface area is 185 Å². The third-order valence-corrected chi connectivity index (χ3v) is 6.52. The van der Waals surface area contributed by atoms with E-state index in [1.54, 1.807) is 32.9 Å². The molecule has 2 N–H and O–H groups in total. The number of amides is 1. The first kappa shape index (κ1) is 22.0. The van der Waals surface area contributed by atoms with Crippen LogP contribution in [0.5, 0.6) is 0 Å². The van der Waals surface area contributed by atoms with Crippen LogP contribution in [-0.4, -0.2) is 41.2 Å². The Kier molecular flexibility index (Phi) is 5.51. The Morgan fingerprint density at radius 3 is 2.56 bits per heavy atom. The zero-order valence-electron chi connectivity index (χ0n) is 18.0. The number of aromatic nitrogens is 2. The van der Waals surface area contributed by atoms with Crippen molar-refractivity contribution in [3.05, 3.63) is 63.9 Å². The van der Waals surface area contributed by atoms with Gasteiger partial charge in [0.1, 0.15) is 5.60 Å². The lowest BCUT2D eigenvalue weighted by atomic mass is 9.96. The van der Waals surface area contributed by atoms with E-state index >= 15 is 0 Å². The van der Waals surface area contributed by atoms with E-state index in [2.05, 4.69) is 10.2 Å². The number of rotatable bonds is 3. The molecule has 32 heavy (non-hydrogen) atoms. The van der Waals surface area contributed by atoms with Crippen LogP contribution in [0.3, 0.4) is 0 Å². The first-order valence-electron chi connectivity index (χ1n) is 10.1. The van der Waals surface area contributed by atoms with E-state index in [4.69, 9.17) is 4.74 Å². The third kappa shape index (κ3) is 4.51. The van der Waals surface area contributed by atoms with Crippen LogP contribution >= 0.6 is 0 Å². The number of carbonyl (C=O) groups excluding carboxylic acids is 1. The molecule has 9 nitrogen and oxygen atoms in total. The average Bonchev–Trinajstić information content (AvgIpc) is 2.71. The van der Waals surface area contributed by atoms with Crippen molar-refractivity contribution < 1.29 is 17.9 Å². The van der Waals surface area contributed by atoms with E-state index in [1.807, 2.05) is 35.1 Å². The number of benzene rings is 2. The second-order valence-electron chi connectivity index (χ2n) is 8.62. The molecule has 0 bridgehead atoms. The predicted octanol–water partition coefficient (Wildman–Crippen LogP) is 2.72. The molecule has 0 saturated heterocycles. The minimum absolute atomic E-state index is 0.132. The summed E-state index contributed by atoms with van der Waals surface area (Å²) in [7, 11) is -4.04. The molecule has 4 rings (SSSR count). The van der Waals surface area contributed by atoms with Gasteiger partial charge in [0.15, 0.2) is 0 Å². The first-order chi connectivity index (χ1) is 15.0. The van der Waals surface area contributed by atoms with Crippen LogP contribution in [0.1, 0.15) is 31.9 Å². The fourth-order valence-corrected chi connectivity index (χ4v) is 4.71. The number of nitrogens with zero attached hydrogens (tertiary/aromatic N) is 2. The second kappa shape index (κ2) is 8.03. The van der Waals surface area contributed by atoms with Crippen molar-refractivity contribution >= 4 is 27.1 Å². The molecule has 1 amide bonds. The zero-order chi connectivity index (χ0) is 23.1. The SMILES string of the molecule is CC(C)(C)OC(=O)NS(=O)(=O)N1CCc2cc(-c3n[nH]c(=O)c4ccccc34)ccc2C1. The molecule has 0 radical (unpaired) electrons. The van der Waals surface area contributed by atoms with Gasteiger partial charge < -0.3 is 4.74 Å². The van der Waals surface area contributed by atoms with Gasteiger partial charge in [-0.2, -0.15) is 17.8 Å². The van der Waals surface area contributed by atoms with Crippen molar-refractivity contribution in [2.24, 2.45) is 0 Å². The van der Waals surface area contributed by atoms with Crippen LogP contribution in [0.2, 0.25) is 0 Å². The van der Waals surface area contributed by atoms with Crippen LogP contribution in [-0.2, 0) is 27.9 Å². The molecule has 0 aliphatic carbocycles. The molecule has 0 fully saturated rings. The largest absolute Gasteiger partial charge is 0.443 e. The number of H-pyrrole nitrogens is 1. The molecule has 2 aromatic carbocycles. The van der Waals surface area contributed by atoms with Crippen LogP contribution in [0, 0.1) is 0 Å². The molecule has 1 aliphatic rings. The summed E-state index contributed by atoms with van der Waals surface area (Å²) in [5, 5.41) is 8.08. The zero-order valence-corrected chi connectivity index (χ0v) is 18.8. The molecular weight excluding hydrogens is 432 g/mol. The molecule has 168 valence electrons. The van der Waals surface area contributed by atoms with Gasteiger partial charge >= 0.3 is 16.3 Å². The number of nitrogens with one attached hydrogen (secondary N) is 2. The highest BCUT2D eigenvalue weighted by molar-refractivity contribution is 7.87. The van der Waals surface area contributed by atoms with Crippen molar-refractivity contribution in [3.63, 3.8) is 0 Å². The summed E-state index contributed by atoms with van der Waals surface area (Å²) in [4.78, 5) is 24.0. The number of hydrogen-bond acceptors (Lipinski definition) is 6. The van der Waals surface area contributed by atoms with Gasteiger partial charge in [0.05, 0.1) is 11.1 Å². The van der Waals surface area contributed by atoms with Crippen LogP contribution in [0.4, 0.5) is 4.79 Å². The van der Waals surface area contributed by atoms with E-state index in [0.29, 0.717) is 17.5 Å². The summed E-state index contributed by atoms with van der Waals surface area (Å²) < 4.78 is 33.5. The Bertz CT molecular complexity index is 1360. The van der Waals surface area contributed by atoms with Crippen LogP contribution < -0.4 is 10.3 Å². The normalized spacial score (nSPS) is 14.7. The summed E-state index contributed by atoms with van der Waals surface area (Å²) in [6.45, 7) is 5.33. The summed E-state index contributed by atoms with van der Waals surface area (Å²) in [5.74, 6) is 0. The lowest BCUT2D eigenvalue weighted by Crippen LogP contribution is -2.46. The summed E-state index contributed by atoms with van der Waals surface area (Å²) in [6, 6.07) is 12.9. The summed E-state index contributed by atoms with van der Waals surface area (Å²) >= 11 is 0. The highest BCUT2D eigenvalue weighted by Crippen LogP contribution is 2.29. The monoisotopic (exact) mass is 456 g/mol. The first-order valence-corrected chi connectivity index (χ1v) is 11.6. The Morgan fingerprint density at radius 2 is 1.84 bits per heavy atom. The number of ether oxygens (including phenoxy) is 1.